The Bertz CT molecular complexity index is 1470. The van der Waals surface area contributed by atoms with Crippen LogP contribution in [0.5, 0.6) is 0 Å². The molecule has 0 saturated heterocycles. The van der Waals surface area contributed by atoms with Gasteiger partial charge in [0.25, 0.3) is 7.82 Å². The molecule has 0 aromatic rings. The third kappa shape index (κ3) is 59.6. The second-order valence-corrected chi connectivity index (χ2v) is 24.5. The molecule has 1 amide bonds. The van der Waals surface area contributed by atoms with E-state index in [1.165, 1.54) is 193 Å². The first-order valence-electron chi connectivity index (χ1n) is 32.3. The van der Waals surface area contributed by atoms with Gasteiger partial charge >= 0.3 is 0 Å². The van der Waals surface area contributed by atoms with Crippen LogP contribution in [0.4, 0.5) is 0 Å². The first-order chi connectivity index (χ1) is 37.0. The number of phosphoric acid groups is 1. The van der Waals surface area contributed by atoms with Crippen LogP contribution < -0.4 is 10.2 Å². The number of nitrogens with one attached hydrogen (secondary N) is 1. The molecular weight excluding hydrogens is 960 g/mol. The van der Waals surface area contributed by atoms with E-state index in [2.05, 4.69) is 92.1 Å². The van der Waals surface area contributed by atoms with Crippen molar-refractivity contribution in [3.8, 4) is 0 Å². The number of carbonyl (C=O) groups is 1. The second-order valence-electron chi connectivity index (χ2n) is 23.1. The van der Waals surface area contributed by atoms with Crippen molar-refractivity contribution in [3.05, 3.63) is 72.9 Å². The Kier molecular flexibility index (Phi) is 56.1. The van der Waals surface area contributed by atoms with Crippen LogP contribution in [-0.2, 0) is 18.4 Å². The summed E-state index contributed by atoms with van der Waals surface area (Å²) in [6.07, 6.45) is 79.6. The van der Waals surface area contributed by atoms with Crippen molar-refractivity contribution in [1.29, 1.82) is 0 Å². The topological polar surface area (TPSA) is 108 Å². The monoisotopic (exact) mass is 1080 g/mol. The van der Waals surface area contributed by atoms with E-state index in [0.717, 1.165) is 77.0 Å². The Morgan fingerprint density at radius 1 is 0.474 bits per heavy atom. The van der Waals surface area contributed by atoms with Crippen molar-refractivity contribution in [2.75, 3.05) is 40.9 Å². The predicted octanol–water partition coefficient (Wildman–Crippen LogP) is 19.6. The fraction of sp³-hybridized carbons (Fsp3) is 0.806. The Balaban J connectivity index is 3.98. The number of amides is 1. The zero-order valence-corrected chi connectivity index (χ0v) is 51.6. The fourth-order valence-corrected chi connectivity index (χ4v) is 10.2. The summed E-state index contributed by atoms with van der Waals surface area (Å²) in [5.41, 5.74) is 0. The first-order valence-corrected chi connectivity index (χ1v) is 33.7. The molecule has 0 heterocycles. The highest BCUT2D eigenvalue weighted by molar-refractivity contribution is 7.45. The van der Waals surface area contributed by atoms with Crippen LogP contribution in [0.15, 0.2) is 72.9 Å². The highest BCUT2D eigenvalue weighted by Gasteiger charge is 2.24. The molecular formula is C67H125N2O6P. The van der Waals surface area contributed by atoms with Crippen LogP contribution in [0.3, 0.4) is 0 Å². The summed E-state index contributed by atoms with van der Waals surface area (Å²) in [7, 11) is 1.31. The number of aliphatic hydroxyl groups excluding tert-OH is 1. The van der Waals surface area contributed by atoms with E-state index >= 15 is 0 Å². The van der Waals surface area contributed by atoms with E-state index in [1.807, 2.05) is 21.1 Å². The lowest BCUT2D eigenvalue weighted by Crippen LogP contribution is -2.46. The smallest absolute Gasteiger partial charge is 0.268 e. The molecule has 3 atom stereocenters. The maximum absolute atomic E-state index is 13.0. The summed E-state index contributed by atoms with van der Waals surface area (Å²) in [4.78, 5) is 25.6. The van der Waals surface area contributed by atoms with Crippen molar-refractivity contribution < 1.29 is 32.9 Å². The Labute approximate surface area is 472 Å². The van der Waals surface area contributed by atoms with Gasteiger partial charge < -0.3 is 28.8 Å². The lowest BCUT2D eigenvalue weighted by Gasteiger charge is -2.30. The minimum Gasteiger partial charge on any atom is -0.756 e. The summed E-state index contributed by atoms with van der Waals surface area (Å²) in [5, 5.41) is 14.0. The van der Waals surface area contributed by atoms with Crippen molar-refractivity contribution in [3.63, 3.8) is 0 Å². The van der Waals surface area contributed by atoms with E-state index in [0.29, 0.717) is 23.9 Å². The van der Waals surface area contributed by atoms with Crippen molar-refractivity contribution >= 4 is 13.7 Å². The summed E-state index contributed by atoms with van der Waals surface area (Å²) in [6, 6.07) is -0.802. The lowest BCUT2D eigenvalue weighted by molar-refractivity contribution is -0.870. The van der Waals surface area contributed by atoms with Crippen LogP contribution in [-0.4, -0.2) is 68.5 Å². The van der Waals surface area contributed by atoms with E-state index in [4.69, 9.17) is 9.05 Å². The van der Waals surface area contributed by atoms with Gasteiger partial charge in [-0.05, 0) is 64.2 Å². The molecule has 0 aromatic carbocycles. The maximum atomic E-state index is 13.0. The Morgan fingerprint density at radius 3 is 1.17 bits per heavy atom. The van der Waals surface area contributed by atoms with Gasteiger partial charge in [0.1, 0.15) is 13.2 Å². The lowest BCUT2D eigenvalue weighted by atomic mass is 10.0. The van der Waals surface area contributed by atoms with Crippen molar-refractivity contribution in [1.82, 2.24) is 5.32 Å². The Hall–Kier alpha value is -2.06. The molecule has 0 aliphatic heterocycles. The van der Waals surface area contributed by atoms with E-state index in [1.54, 1.807) is 0 Å². The number of hydrogen-bond acceptors (Lipinski definition) is 6. The van der Waals surface area contributed by atoms with Gasteiger partial charge in [-0.15, -0.1) is 0 Å². The largest absolute Gasteiger partial charge is 0.756 e. The average molecular weight is 1090 g/mol. The quantitative estimate of drug-likeness (QED) is 0.0272. The van der Waals surface area contributed by atoms with Gasteiger partial charge in [0, 0.05) is 6.42 Å². The number of aliphatic hydroxyl groups is 1. The van der Waals surface area contributed by atoms with Gasteiger partial charge in [-0.3, -0.25) is 9.36 Å². The summed E-state index contributed by atoms with van der Waals surface area (Å²) >= 11 is 0. The average Bonchev–Trinajstić information content (AvgIpc) is 3.38. The van der Waals surface area contributed by atoms with Gasteiger partial charge in [-0.25, -0.2) is 0 Å². The zero-order chi connectivity index (χ0) is 55.6. The van der Waals surface area contributed by atoms with Crippen LogP contribution in [0.1, 0.15) is 296 Å². The zero-order valence-electron chi connectivity index (χ0n) is 50.7. The maximum Gasteiger partial charge on any atom is 0.268 e. The summed E-state index contributed by atoms with van der Waals surface area (Å²) in [5.74, 6) is -0.162. The summed E-state index contributed by atoms with van der Waals surface area (Å²) < 4.78 is 23.5. The molecule has 0 saturated carbocycles. The van der Waals surface area contributed by atoms with Crippen molar-refractivity contribution in [2.24, 2.45) is 0 Å². The molecule has 0 aliphatic rings. The first kappa shape index (κ1) is 73.9. The molecule has 8 nitrogen and oxygen atoms in total. The number of likely N-dealkylation sites (N-methyl/N-ethyl adjacent to an activating group) is 1. The van der Waals surface area contributed by atoms with E-state index < -0.39 is 20.0 Å². The van der Waals surface area contributed by atoms with E-state index in [-0.39, 0.29) is 19.1 Å². The summed E-state index contributed by atoms with van der Waals surface area (Å²) in [6.45, 7) is 4.64. The SMILES string of the molecule is CC/C=C\C/C=C\C/C=C\C/C=C\C/C=C\C/C=C\CCCCCCCCCCCCCCCCCCCCC(=O)NC(COP(=O)([O-])OCC[N+](C)(C)C)C(O)CCCCCCCCCCCCCCCCCCC. The Morgan fingerprint density at radius 2 is 0.803 bits per heavy atom. The number of quaternary nitrogens is 1. The number of rotatable bonds is 59. The van der Waals surface area contributed by atoms with E-state index in [9.17, 15) is 19.4 Å². The third-order valence-corrected chi connectivity index (χ3v) is 15.4. The van der Waals surface area contributed by atoms with Gasteiger partial charge in [0.05, 0.1) is 39.9 Å². The van der Waals surface area contributed by atoms with Crippen LogP contribution in [0.25, 0.3) is 0 Å². The molecule has 0 rings (SSSR count). The fourth-order valence-electron chi connectivity index (χ4n) is 9.46. The highest BCUT2D eigenvalue weighted by atomic mass is 31.2. The number of hydrogen-bond donors (Lipinski definition) is 2. The third-order valence-electron chi connectivity index (χ3n) is 14.5. The molecule has 9 heteroatoms. The molecule has 0 aromatic heterocycles. The van der Waals surface area contributed by atoms with Gasteiger partial charge in [0.15, 0.2) is 0 Å². The molecule has 444 valence electrons. The van der Waals surface area contributed by atoms with Crippen molar-refractivity contribution in [2.45, 2.75) is 309 Å². The van der Waals surface area contributed by atoms with Crippen LogP contribution >= 0.6 is 7.82 Å². The molecule has 0 radical (unpaired) electrons. The normalized spacial score (nSPS) is 14.2. The van der Waals surface area contributed by atoms with Crippen LogP contribution in [0.2, 0.25) is 0 Å². The predicted molar refractivity (Wildman–Crippen MR) is 330 cm³/mol. The van der Waals surface area contributed by atoms with Crippen LogP contribution in [0, 0.1) is 0 Å². The van der Waals surface area contributed by atoms with Gasteiger partial charge in [-0.1, -0.05) is 299 Å². The minimum absolute atomic E-state index is 0.0121. The molecule has 0 fully saturated rings. The molecule has 0 bridgehead atoms. The molecule has 0 spiro atoms. The number of allylic oxidation sites excluding steroid dienone is 12. The molecule has 76 heavy (non-hydrogen) atoms. The molecule has 0 aliphatic carbocycles. The second kappa shape index (κ2) is 57.6. The standard InChI is InChI=1S/C67H125N2O6P/c1-6-8-10-12-14-16-18-20-22-24-25-26-27-28-29-30-31-32-33-34-35-36-37-38-39-40-41-42-43-45-47-49-51-53-55-57-59-61-67(71)68-65(64-75-76(72,73)74-63-62-69(3,4)5)66(70)60-58-56-54-52-50-48-46-44-23-21-19-17-15-13-11-9-7-2/h8,10,14,16,20,22,25-26,28-29,31-32,65-66,70H,6-7,9,11-13,15,17-19,21,23-24,27,30,33-64H2,1-5H3,(H-,68,71,72,73)/b10-8-,16-14-,22-20-,26-25-,29-28-,32-31-. The number of carbonyl (C=O) groups excluding carboxylic acids is 1. The van der Waals surface area contributed by atoms with Gasteiger partial charge in [-0.2, -0.15) is 0 Å². The number of phosphoric ester groups is 1. The number of nitrogens with zero attached hydrogens (tertiary/aromatic N) is 1. The molecule has 3 unspecified atom stereocenters. The van der Waals surface area contributed by atoms with Gasteiger partial charge in [0.2, 0.25) is 5.91 Å². The number of unbranched alkanes of at least 4 members (excludes halogenated alkanes) is 34. The molecule has 2 N–H and O–H groups in total. The minimum atomic E-state index is -4.58. The highest BCUT2D eigenvalue weighted by Crippen LogP contribution is 2.38.